The molecule has 119 valence electrons. The molecule has 0 aromatic carbocycles. The predicted molar refractivity (Wildman–Crippen MR) is 96.0 cm³/mol. The van der Waals surface area contributed by atoms with Crippen LogP contribution in [-0.2, 0) is 45.1 Å². The summed E-state index contributed by atoms with van der Waals surface area (Å²) in [6.07, 6.45) is 0. The Bertz CT molecular complexity index is 300. The van der Waals surface area contributed by atoms with Crippen molar-refractivity contribution >= 4 is 33.8 Å². The van der Waals surface area contributed by atoms with Gasteiger partial charge >= 0.3 is 17.1 Å². The van der Waals surface area contributed by atoms with Crippen molar-refractivity contribution in [3.05, 3.63) is 12.3 Å². The molecule has 0 spiro atoms. The van der Waals surface area contributed by atoms with Crippen molar-refractivity contribution in [3.8, 4) is 0 Å². The molecule has 1 unspecified atom stereocenters. The Morgan fingerprint density at radius 2 is 1.05 bits per heavy atom. The Labute approximate surface area is 156 Å². The maximum atomic E-state index is 6.31. The summed E-state index contributed by atoms with van der Waals surface area (Å²) >= 11 is 0. The fourth-order valence-electron chi connectivity index (χ4n) is 1.96. The summed E-state index contributed by atoms with van der Waals surface area (Å²) in [5.41, 5.74) is 1.88. The van der Waals surface area contributed by atoms with Crippen LogP contribution in [0, 0.1) is 0 Å². The molecule has 0 aliphatic heterocycles. The van der Waals surface area contributed by atoms with Crippen molar-refractivity contribution < 1.29 is 45.1 Å². The molecule has 1 radical (unpaired) electrons. The fraction of sp³-hybridized carbons (Fsp3) is 0.833. The molecule has 3 nitrogen and oxygen atoms in total. The normalized spacial score (nSPS) is 15.7. The Morgan fingerprint density at radius 3 is 1.30 bits per heavy atom. The van der Waals surface area contributed by atoms with E-state index < -0.39 is 33.8 Å². The predicted octanol–water partition coefficient (Wildman–Crippen LogP) is 4.84. The molecule has 0 heterocycles. The van der Waals surface area contributed by atoms with Gasteiger partial charge in [-0.15, -0.1) is 6.58 Å². The smallest absolute Gasteiger partial charge is 0.342 e. The second kappa shape index (κ2) is 9.03. The van der Waals surface area contributed by atoms with Crippen molar-refractivity contribution in [2.75, 3.05) is 0 Å². The summed E-state index contributed by atoms with van der Waals surface area (Å²) in [4.78, 5) is 0. The second-order valence-corrected chi connectivity index (χ2v) is 23.3. The zero-order valence-electron chi connectivity index (χ0n) is 14.1. The molecule has 0 aromatic rings. The van der Waals surface area contributed by atoms with Crippen LogP contribution in [0.15, 0.2) is 12.3 Å². The van der Waals surface area contributed by atoms with Gasteiger partial charge in [0, 0.05) is 32.7 Å². The van der Waals surface area contributed by atoms with Crippen LogP contribution in [-0.4, -0.2) is 33.8 Å². The van der Waals surface area contributed by atoms with Gasteiger partial charge in [0.2, 0.25) is 0 Å². The van der Waals surface area contributed by atoms with Gasteiger partial charge in [-0.25, -0.2) is 0 Å². The topological polar surface area (TPSA) is 27.7 Å². The van der Waals surface area contributed by atoms with E-state index in [9.17, 15) is 0 Å². The first kappa shape index (κ1) is 26.5. The van der Waals surface area contributed by atoms with Crippen LogP contribution in [0.1, 0.15) is 7.43 Å². The first-order valence-corrected chi connectivity index (χ1v) is 18.4. The Kier molecular flexibility index (Phi) is 12.0. The average Bonchev–Trinajstić information content (AvgIpc) is 1.93. The molecule has 0 saturated carbocycles. The molecule has 1 atom stereocenters. The van der Waals surface area contributed by atoms with Crippen molar-refractivity contribution in [2.45, 2.75) is 66.3 Å². The van der Waals surface area contributed by atoms with Crippen LogP contribution in [0.2, 0.25) is 58.9 Å². The van der Waals surface area contributed by atoms with Gasteiger partial charge in [0.05, 0.1) is 0 Å². The summed E-state index contributed by atoms with van der Waals surface area (Å²) in [5, 5.41) is 0. The van der Waals surface area contributed by atoms with Crippen LogP contribution < -0.4 is 0 Å². The first-order valence-electron chi connectivity index (χ1n) is 6.42. The Morgan fingerprint density at radius 1 is 0.700 bits per heavy atom. The van der Waals surface area contributed by atoms with Gasteiger partial charge in [0.1, 0.15) is 0 Å². The van der Waals surface area contributed by atoms with E-state index in [0.717, 1.165) is 0 Å². The third-order valence-electron chi connectivity index (χ3n) is 1.88. The van der Waals surface area contributed by atoms with Crippen LogP contribution >= 0.6 is 0 Å². The standard InChI is InChI=1S/C11H30O3Si4.CH4.Y/c1-11-18(10,13-16(5,6)7)14-17(8,9)12-15(2,3)4;;/h11H,1H2,2-10H3;1H4;. The SMILES string of the molecule is C.C=C[Si](C)(O[Si](C)(C)C)O[Si](C)(C)O[Si](C)(C)C.[Y]. The zero-order valence-corrected chi connectivity index (χ0v) is 20.9. The number of rotatable bonds is 7. The number of hydrogen-bond donors (Lipinski definition) is 0. The van der Waals surface area contributed by atoms with Gasteiger partial charge < -0.3 is 12.3 Å². The molecular weight excluding hydrogens is 393 g/mol. The fourth-order valence-corrected chi connectivity index (χ4v) is 18.4. The summed E-state index contributed by atoms with van der Waals surface area (Å²) < 4.78 is 18.8. The van der Waals surface area contributed by atoms with Gasteiger partial charge in [0.15, 0.2) is 16.6 Å². The second-order valence-electron chi connectivity index (χ2n) is 7.15. The van der Waals surface area contributed by atoms with Crippen molar-refractivity contribution in [1.29, 1.82) is 0 Å². The van der Waals surface area contributed by atoms with E-state index in [1.807, 2.05) is 5.70 Å². The molecule has 0 aliphatic rings. The van der Waals surface area contributed by atoms with E-state index in [-0.39, 0.29) is 40.1 Å². The summed E-state index contributed by atoms with van der Waals surface area (Å²) in [5.74, 6) is 0. The first-order chi connectivity index (χ1) is 7.68. The van der Waals surface area contributed by atoms with Crippen molar-refractivity contribution in [2.24, 2.45) is 0 Å². The third-order valence-corrected chi connectivity index (χ3v) is 14.7. The van der Waals surface area contributed by atoms with Gasteiger partial charge in [-0.05, 0) is 58.9 Å². The Hall–Kier alpha value is 1.59. The van der Waals surface area contributed by atoms with Gasteiger partial charge in [0.25, 0.3) is 0 Å². The molecule has 8 heteroatoms. The van der Waals surface area contributed by atoms with E-state index in [2.05, 4.69) is 65.5 Å². The van der Waals surface area contributed by atoms with Gasteiger partial charge in [-0.3, -0.25) is 0 Å². The van der Waals surface area contributed by atoms with Crippen LogP contribution in [0.3, 0.4) is 0 Å². The minimum Gasteiger partial charge on any atom is -0.437 e. The summed E-state index contributed by atoms with van der Waals surface area (Å²) in [6, 6.07) is 0. The molecule has 0 N–H and O–H groups in total. The number of hydrogen-bond acceptors (Lipinski definition) is 3. The molecule has 0 fully saturated rings. The monoisotopic (exact) mass is 427 g/mol. The third kappa shape index (κ3) is 13.3. The molecule has 0 saturated heterocycles. The van der Waals surface area contributed by atoms with Crippen LogP contribution in [0.25, 0.3) is 0 Å². The van der Waals surface area contributed by atoms with Crippen LogP contribution in [0.4, 0.5) is 0 Å². The molecule has 0 bridgehead atoms. The van der Waals surface area contributed by atoms with E-state index in [1.54, 1.807) is 0 Å². The molecular formula is C12H34O3Si4Y. The maximum absolute atomic E-state index is 6.31. The van der Waals surface area contributed by atoms with Crippen LogP contribution in [0.5, 0.6) is 0 Å². The zero-order chi connectivity index (χ0) is 14.8. The minimum atomic E-state index is -2.31. The van der Waals surface area contributed by atoms with E-state index in [1.165, 1.54) is 0 Å². The molecule has 0 aromatic heterocycles. The summed E-state index contributed by atoms with van der Waals surface area (Å²) in [7, 11) is -7.67. The van der Waals surface area contributed by atoms with E-state index >= 15 is 0 Å². The maximum Gasteiger partial charge on any atom is 0.342 e. The Balaban J connectivity index is -0.00000144. The minimum absolute atomic E-state index is 0. The molecule has 0 rings (SSSR count). The van der Waals surface area contributed by atoms with E-state index in [0.29, 0.717) is 0 Å². The van der Waals surface area contributed by atoms with Crippen molar-refractivity contribution in [3.63, 3.8) is 0 Å². The van der Waals surface area contributed by atoms with Crippen molar-refractivity contribution in [1.82, 2.24) is 0 Å². The van der Waals surface area contributed by atoms with Gasteiger partial charge in [-0.1, -0.05) is 13.1 Å². The largest absolute Gasteiger partial charge is 0.437 e. The summed E-state index contributed by atoms with van der Waals surface area (Å²) in [6.45, 7) is 23.3. The average molecular weight is 428 g/mol. The van der Waals surface area contributed by atoms with Gasteiger partial charge in [-0.2, -0.15) is 0 Å². The molecule has 0 aliphatic carbocycles. The molecule has 0 amide bonds. The quantitative estimate of drug-likeness (QED) is 0.544. The molecule has 20 heavy (non-hydrogen) atoms. The van der Waals surface area contributed by atoms with E-state index in [4.69, 9.17) is 12.3 Å².